The van der Waals surface area contributed by atoms with E-state index in [1.807, 2.05) is 84.9 Å². The van der Waals surface area contributed by atoms with Crippen LogP contribution in [-0.4, -0.2) is 12.0 Å². The van der Waals surface area contributed by atoms with Gasteiger partial charge in [-0.1, -0.05) is 85.8 Å². The van der Waals surface area contributed by atoms with Crippen molar-refractivity contribution in [3.05, 3.63) is 102 Å². The number of hydrogen-bond acceptors (Lipinski definition) is 2. The number of amides is 1. The fraction of sp³-hybridized carbons (Fsp3) is 0.208. The lowest BCUT2D eigenvalue weighted by atomic mass is 9.98. The zero-order valence-electron chi connectivity index (χ0n) is 15.8. The molecule has 3 heteroatoms. The van der Waals surface area contributed by atoms with E-state index in [-0.39, 0.29) is 11.9 Å². The van der Waals surface area contributed by atoms with Gasteiger partial charge in [0, 0.05) is 0 Å². The Hall–Kier alpha value is -3.07. The van der Waals surface area contributed by atoms with Gasteiger partial charge in [0.05, 0.1) is 6.04 Å². The maximum absolute atomic E-state index is 12.9. The van der Waals surface area contributed by atoms with Crippen molar-refractivity contribution in [2.45, 2.75) is 32.4 Å². The smallest absolute Gasteiger partial charge is 0.261 e. The molecule has 0 aromatic heterocycles. The van der Waals surface area contributed by atoms with Gasteiger partial charge < -0.3 is 10.1 Å². The molecule has 1 atom stereocenters. The number of nitrogens with one attached hydrogen (secondary N) is 1. The molecule has 1 amide bonds. The highest BCUT2D eigenvalue weighted by molar-refractivity contribution is 5.81. The van der Waals surface area contributed by atoms with Crippen LogP contribution in [0.15, 0.2) is 84.9 Å². The zero-order valence-corrected chi connectivity index (χ0v) is 15.8. The molecule has 3 aromatic rings. The lowest BCUT2D eigenvalue weighted by Crippen LogP contribution is -2.39. The summed E-state index contributed by atoms with van der Waals surface area (Å²) >= 11 is 0. The van der Waals surface area contributed by atoms with Crippen molar-refractivity contribution < 1.29 is 9.53 Å². The van der Waals surface area contributed by atoms with Crippen LogP contribution in [0.5, 0.6) is 5.75 Å². The Morgan fingerprint density at radius 3 is 1.93 bits per heavy atom. The van der Waals surface area contributed by atoms with E-state index in [9.17, 15) is 4.79 Å². The van der Waals surface area contributed by atoms with Gasteiger partial charge in [-0.3, -0.25) is 4.79 Å². The SMILES string of the molecule is CCc1ccccc1O[C@@H](C)C(=O)NC(c1ccccc1)c1ccccc1. The lowest BCUT2D eigenvalue weighted by Gasteiger charge is -2.23. The first kappa shape index (κ1) is 18.7. The molecule has 0 bridgehead atoms. The summed E-state index contributed by atoms with van der Waals surface area (Å²) in [5.74, 6) is 0.622. The van der Waals surface area contributed by atoms with Crippen molar-refractivity contribution in [1.29, 1.82) is 0 Å². The molecule has 138 valence electrons. The highest BCUT2D eigenvalue weighted by Gasteiger charge is 2.22. The second-order valence-electron chi connectivity index (χ2n) is 6.48. The van der Waals surface area contributed by atoms with E-state index >= 15 is 0 Å². The molecule has 0 heterocycles. The summed E-state index contributed by atoms with van der Waals surface area (Å²) in [4.78, 5) is 12.9. The molecule has 3 nitrogen and oxygen atoms in total. The minimum Gasteiger partial charge on any atom is -0.481 e. The van der Waals surface area contributed by atoms with Gasteiger partial charge in [-0.2, -0.15) is 0 Å². The molecule has 1 N–H and O–H groups in total. The third kappa shape index (κ3) is 4.76. The Kier molecular flexibility index (Phi) is 6.26. The molecule has 3 rings (SSSR count). The molecule has 0 saturated heterocycles. The predicted molar refractivity (Wildman–Crippen MR) is 109 cm³/mol. The Balaban J connectivity index is 1.78. The Bertz CT molecular complexity index is 822. The van der Waals surface area contributed by atoms with Crippen LogP contribution in [0.2, 0.25) is 0 Å². The van der Waals surface area contributed by atoms with Crippen molar-refractivity contribution in [3.8, 4) is 5.75 Å². The summed E-state index contributed by atoms with van der Waals surface area (Å²) in [6.45, 7) is 3.86. The lowest BCUT2D eigenvalue weighted by molar-refractivity contribution is -0.127. The average Bonchev–Trinajstić information content (AvgIpc) is 2.73. The largest absolute Gasteiger partial charge is 0.481 e. The van der Waals surface area contributed by atoms with Crippen molar-refractivity contribution in [3.63, 3.8) is 0 Å². The standard InChI is InChI=1S/C24H25NO2/c1-3-19-12-10-11-17-22(19)27-18(2)24(26)25-23(20-13-6-4-7-14-20)21-15-8-5-9-16-21/h4-18,23H,3H2,1-2H3,(H,25,26)/t18-/m0/s1. The van der Waals surface area contributed by atoms with E-state index in [1.165, 1.54) is 0 Å². The van der Waals surface area contributed by atoms with Crippen LogP contribution in [0.4, 0.5) is 0 Å². The minimum absolute atomic E-state index is 0.140. The molecular weight excluding hydrogens is 334 g/mol. The maximum Gasteiger partial charge on any atom is 0.261 e. The number of rotatable bonds is 7. The van der Waals surface area contributed by atoms with Gasteiger partial charge in [-0.25, -0.2) is 0 Å². The van der Waals surface area contributed by atoms with Gasteiger partial charge in [0.2, 0.25) is 0 Å². The van der Waals surface area contributed by atoms with Crippen LogP contribution in [0.25, 0.3) is 0 Å². The van der Waals surface area contributed by atoms with Crippen LogP contribution in [0.1, 0.15) is 36.6 Å². The third-order valence-electron chi connectivity index (χ3n) is 4.58. The Labute approximate surface area is 161 Å². The number of aryl methyl sites for hydroxylation is 1. The first-order valence-electron chi connectivity index (χ1n) is 9.34. The van der Waals surface area contributed by atoms with Crippen molar-refractivity contribution in [2.75, 3.05) is 0 Å². The monoisotopic (exact) mass is 359 g/mol. The van der Waals surface area contributed by atoms with Gasteiger partial charge in [-0.05, 0) is 36.1 Å². The fourth-order valence-corrected chi connectivity index (χ4v) is 3.06. The Morgan fingerprint density at radius 1 is 0.852 bits per heavy atom. The molecule has 0 unspecified atom stereocenters. The summed E-state index contributed by atoms with van der Waals surface area (Å²) in [5, 5.41) is 3.14. The maximum atomic E-state index is 12.9. The molecule has 0 saturated carbocycles. The zero-order chi connectivity index (χ0) is 19.1. The topological polar surface area (TPSA) is 38.3 Å². The molecule has 0 spiro atoms. The summed E-state index contributed by atoms with van der Waals surface area (Å²) in [6, 6.07) is 27.6. The van der Waals surface area contributed by atoms with Gasteiger partial charge in [0.25, 0.3) is 5.91 Å². The van der Waals surface area contributed by atoms with Crippen molar-refractivity contribution in [2.24, 2.45) is 0 Å². The normalized spacial score (nSPS) is 11.8. The number of ether oxygens (including phenoxy) is 1. The van der Waals surface area contributed by atoms with Crippen LogP contribution in [-0.2, 0) is 11.2 Å². The first-order valence-corrected chi connectivity index (χ1v) is 9.34. The molecule has 0 radical (unpaired) electrons. The molecule has 0 aliphatic heterocycles. The van der Waals surface area contributed by atoms with Crippen LogP contribution in [0, 0.1) is 0 Å². The number of benzene rings is 3. The second-order valence-corrected chi connectivity index (χ2v) is 6.48. The van der Waals surface area contributed by atoms with Crippen LogP contribution < -0.4 is 10.1 Å². The quantitative estimate of drug-likeness (QED) is 0.650. The van der Waals surface area contributed by atoms with Crippen molar-refractivity contribution in [1.82, 2.24) is 5.32 Å². The van der Waals surface area contributed by atoms with Gasteiger partial charge >= 0.3 is 0 Å². The third-order valence-corrected chi connectivity index (χ3v) is 4.58. The van der Waals surface area contributed by atoms with Crippen LogP contribution >= 0.6 is 0 Å². The summed E-state index contributed by atoms with van der Waals surface area (Å²) in [6.07, 6.45) is 0.272. The number of para-hydroxylation sites is 1. The summed E-state index contributed by atoms with van der Waals surface area (Å²) in [7, 11) is 0. The van der Waals surface area contributed by atoms with E-state index in [0.29, 0.717) is 0 Å². The van der Waals surface area contributed by atoms with E-state index in [0.717, 1.165) is 28.9 Å². The van der Waals surface area contributed by atoms with E-state index in [2.05, 4.69) is 12.2 Å². The van der Waals surface area contributed by atoms with E-state index in [4.69, 9.17) is 4.74 Å². The fourth-order valence-electron chi connectivity index (χ4n) is 3.06. The van der Waals surface area contributed by atoms with E-state index in [1.54, 1.807) is 6.92 Å². The molecular formula is C24H25NO2. The predicted octanol–water partition coefficient (Wildman–Crippen LogP) is 4.92. The van der Waals surface area contributed by atoms with Gasteiger partial charge in [-0.15, -0.1) is 0 Å². The first-order chi connectivity index (χ1) is 13.2. The van der Waals surface area contributed by atoms with Gasteiger partial charge in [0.15, 0.2) is 6.10 Å². The van der Waals surface area contributed by atoms with Crippen LogP contribution in [0.3, 0.4) is 0 Å². The number of hydrogen-bond donors (Lipinski definition) is 1. The molecule has 0 fully saturated rings. The second kappa shape index (κ2) is 9.04. The average molecular weight is 359 g/mol. The highest BCUT2D eigenvalue weighted by Crippen LogP contribution is 2.23. The van der Waals surface area contributed by atoms with E-state index < -0.39 is 6.10 Å². The molecule has 3 aromatic carbocycles. The number of carbonyl (C=O) groups is 1. The minimum atomic E-state index is -0.590. The summed E-state index contributed by atoms with van der Waals surface area (Å²) in [5.41, 5.74) is 3.18. The Morgan fingerprint density at radius 2 is 1.37 bits per heavy atom. The summed E-state index contributed by atoms with van der Waals surface area (Å²) < 4.78 is 5.96. The van der Waals surface area contributed by atoms with Gasteiger partial charge in [0.1, 0.15) is 5.75 Å². The molecule has 0 aliphatic rings. The number of carbonyl (C=O) groups excluding carboxylic acids is 1. The molecule has 0 aliphatic carbocycles. The highest BCUT2D eigenvalue weighted by atomic mass is 16.5. The van der Waals surface area contributed by atoms with Crippen molar-refractivity contribution >= 4 is 5.91 Å². The molecule has 27 heavy (non-hydrogen) atoms.